The Kier molecular flexibility index (Phi) is 4.05. The van der Waals surface area contributed by atoms with Crippen LogP contribution in [-0.4, -0.2) is 10.7 Å². The lowest BCUT2D eigenvalue weighted by atomic mass is 9.95. The van der Waals surface area contributed by atoms with Gasteiger partial charge in [-0.15, -0.1) is 0 Å². The van der Waals surface area contributed by atoms with Gasteiger partial charge >= 0.3 is 5.00 Å². The van der Waals surface area contributed by atoms with Crippen LogP contribution in [0.4, 0.5) is 13.8 Å². The number of hydrogen-bond acceptors (Lipinski definition) is 5. The zero-order valence-electron chi connectivity index (χ0n) is 10.2. The first-order chi connectivity index (χ1) is 9.92. The van der Waals surface area contributed by atoms with Gasteiger partial charge in [-0.1, -0.05) is 11.3 Å². The number of hydrogen-bond donors (Lipinski definition) is 0. The third-order valence-electron chi connectivity index (χ3n) is 2.62. The van der Waals surface area contributed by atoms with Crippen molar-refractivity contribution in [1.82, 2.24) is 0 Å². The molecular weight excluding hydrogens is 302 g/mol. The van der Waals surface area contributed by atoms with Crippen LogP contribution in [0.3, 0.4) is 0 Å². The number of rotatable bonds is 4. The van der Waals surface area contributed by atoms with Crippen LogP contribution >= 0.6 is 11.3 Å². The van der Waals surface area contributed by atoms with Crippen LogP contribution in [-0.2, 0) is 0 Å². The summed E-state index contributed by atoms with van der Waals surface area (Å²) >= 11 is 0.609. The van der Waals surface area contributed by atoms with Crippen molar-refractivity contribution in [3.05, 3.63) is 62.5 Å². The third-order valence-corrected chi connectivity index (χ3v) is 3.68. The zero-order valence-corrected chi connectivity index (χ0v) is 11.1. The fraction of sp³-hybridized carbons (Fsp3) is 0.0769. The van der Waals surface area contributed by atoms with Crippen LogP contribution in [0.25, 0.3) is 0 Å². The minimum Gasteiger partial charge on any atom is -0.291 e. The number of carbonyl (C=O) groups excluding carboxylic acids is 1. The molecule has 2 rings (SSSR count). The van der Waals surface area contributed by atoms with Gasteiger partial charge in [-0.3, -0.25) is 14.9 Å². The van der Waals surface area contributed by atoms with Crippen molar-refractivity contribution < 1.29 is 18.5 Å². The summed E-state index contributed by atoms with van der Waals surface area (Å²) in [6, 6.07) is 6.41. The molecule has 1 unspecified atom stereocenters. The number of halogens is 2. The van der Waals surface area contributed by atoms with Crippen molar-refractivity contribution in [2.45, 2.75) is 5.92 Å². The Morgan fingerprint density at radius 1 is 1.29 bits per heavy atom. The van der Waals surface area contributed by atoms with Crippen molar-refractivity contribution >= 4 is 22.1 Å². The number of nitriles is 1. The first kappa shape index (κ1) is 14.7. The van der Waals surface area contributed by atoms with E-state index >= 15 is 0 Å². The molecule has 106 valence electrons. The smallest absolute Gasteiger partial charge is 0.291 e. The van der Waals surface area contributed by atoms with Crippen molar-refractivity contribution in [3.63, 3.8) is 0 Å². The molecule has 8 heteroatoms. The summed E-state index contributed by atoms with van der Waals surface area (Å²) in [6.45, 7) is 0. The molecule has 0 saturated carbocycles. The van der Waals surface area contributed by atoms with Gasteiger partial charge in [0.05, 0.1) is 15.9 Å². The second-order valence-electron chi connectivity index (χ2n) is 4.02. The van der Waals surface area contributed by atoms with Gasteiger partial charge in [-0.2, -0.15) is 5.26 Å². The van der Waals surface area contributed by atoms with E-state index in [1.807, 2.05) is 0 Å². The third kappa shape index (κ3) is 3.09. The number of Topliss-reactive ketones (excluding diaryl/α,β-unsaturated/α-hetero) is 1. The summed E-state index contributed by atoms with van der Waals surface area (Å²) in [6.07, 6.45) is 0. The molecule has 2 aromatic rings. The Morgan fingerprint density at radius 2 is 1.90 bits per heavy atom. The monoisotopic (exact) mass is 308 g/mol. The Labute approximate surface area is 121 Å². The van der Waals surface area contributed by atoms with Crippen LogP contribution in [0, 0.1) is 33.1 Å². The summed E-state index contributed by atoms with van der Waals surface area (Å²) in [4.78, 5) is 22.1. The van der Waals surface area contributed by atoms with E-state index in [9.17, 15) is 23.7 Å². The first-order valence-corrected chi connectivity index (χ1v) is 6.38. The lowest BCUT2D eigenvalue weighted by molar-refractivity contribution is -0.380. The van der Waals surface area contributed by atoms with Crippen molar-refractivity contribution in [3.8, 4) is 6.07 Å². The zero-order chi connectivity index (χ0) is 15.6. The standard InChI is InChI=1S/C13H6F2N2O3S/c14-8-3-7(4-9(15)5-8)10(6-16)13(18)11-1-2-12(21-11)17(19)20/h1-5,10H. The number of ketones is 1. The number of carbonyl (C=O) groups is 1. The van der Waals surface area contributed by atoms with Gasteiger partial charge in [0.25, 0.3) is 0 Å². The average molecular weight is 308 g/mol. The Morgan fingerprint density at radius 3 is 2.38 bits per heavy atom. The van der Waals surface area contributed by atoms with E-state index in [-0.39, 0.29) is 15.4 Å². The molecule has 0 N–H and O–H groups in total. The molecule has 0 spiro atoms. The van der Waals surface area contributed by atoms with E-state index in [4.69, 9.17) is 5.26 Å². The fourth-order valence-corrected chi connectivity index (χ4v) is 2.52. The molecule has 21 heavy (non-hydrogen) atoms. The van der Waals surface area contributed by atoms with E-state index in [2.05, 4.69) is 0 Å². The van der Waals surface area contributed by atoms with Gasteiger partial charge in [0.15, 0.2) is 5.78 Å². The van der Waals surface area contributed by atoms with Crippen LogP contribution < -0.4 is 0 Å². The highest BCUT2D eigenvalue weighted by molar-refractivity contribution is 7.17. The predicted octanol–water partition coefficient (Wildman–Crippen LogP) is 3.42. The minimum absolute atomic E-state index is 0.0158. The highest BCUT2D eigenvalue weighted by Gasteiger charge is 2.26. The molecule has 1 aromatic carbocycles. The molecule has 1 aromatic heterocycles. The molecule has 0 aliphatic rings. The quantitative estimate of drug-likeness (QED) is 0.492. The molecule has 0 aliphatic heterocycles. The van der Waals surface area contributed by atoms with Gasteiger partial charge in [0.1, 0.15) is 17.6 Å². The molecule has 0 fully saturated rings. The van der Waals surface area contributed by atoms with Crippen LogP contribution in [0.15, 0.2) is 30.3 Å². The number of nitrogens with zero attached hydrogens (tertiary/aromatic N) is 2. The Hall–Kier alpha value is -2.66. The van der Waals surface area contributed by atoms with Crippen LogP contribution in [0.2, 0.25) is 0 Å². The van der Waals surface area contributed by atoms with E-state index in [0.29, 0.717) is 17.4 Å². The summed E-state index contributed by atoms with van der Waals surface area (Å²) in [5.41, 5.74) is -0.129. The second kappa shape index (κ2) is 5.76. The van der Waals surface area contributed by atoms with Gasteiger partial charge in [-0.05, 0) is 23.8 Å². The summed E-state index contributed by atoms with van der Waals surface area (Å²) < 4.78 is 26.3. The summed E-state index contributed by atoms with van der Waals surface area (Å²) in [7, 11) is 0. The largest absolute Gasteiger partial charge is 0.324 e. The first-order valence-electron chi connectivity index (χ1n) is 5.56. The number of thiophene rings is 1. The average Bonchev–Trinajstić information content (AvgIpc) is 2.88. The topological polar surface area (TPSA) is 84.0 Å². The molecule has 0 bridgehead atoms. The number of benzene rings is 1. The predicted molar refractivity (Wildman–Crippen MR) is 70.0 cm³/mol. The molecule has 0 radical (unpaired) electrons. The van der Waals surface area contributed by atoms with E-state index in [0.717, 1.165) is 18.2 Å². The van der Waals surface area contributed by atoms with Crippen LogP contribution in [0.1, 0.15) is 21.2 Å². The summed E-state index contributed by atoms with van der Waals surface area (Å²) in [5.74, 6) is -3.97. The van der Waals surface area contributed by atoms with E-state index < -0.39 is 28.3 Å². The lowest BCUT2D eigenvalue weighted by Gasteiger charge is -2.07. The van der Waals surface area contributed by atoms with E-state index in [1.54, 1.807) is 6.07 Å². The molecule has 0 amide bonds. The maximum Gasteiger partial charge on any atom is 0.324 e. The number of nitro groups is 1. The lowest BCUT2D eigenvalue weighted by Crippen LogP contribution is -2.10. The van der Waals surface area contributed by atoms with Crippen LogP contribution in [0.5, 0.6) is 0 Å². The molecule has 0 aliphatic carbocycles. The van der Waals surface area contributed by atoms with Gasteiger partial charge in [0.2, 0.25) is 0 Å². The molecule has 1 atom stereocenters. The molecule has 5 nitrogen and oxygen atoms in total. The van der Waals surface area contributed by atoms with E-state index in [1.165, 1.54) is 6.07 Å². The van der Waals surface area contributed by atoms with Gasteiger partial charge in [-0.25, -0.2) is 8.78 Å². The fourth-order valence-electron chi connectivity index (χ4n) is 1.73. The maximum atomic E-state index is 13.2. The van der Waals surface area contributed by atoms with Crippen molar-refractivity contribution in [1.29, 1.82) is 5.26 Å². The Balaban J connectivity index is 2.38. The van der Waals surface area contributed by atoms with Gasteiger partial charge in [0, 0.05) is 12.1 Å². The normalized spacial score (nSPS) is 11.7. The molecule has 1 heterocycles. The molecular formula is C13H6F2N2O3S. The second-order valence-corrected chi connectivity index (χ2v) is 5.09. The Bertz CT molecular complexity index is 747. The maximum absolute atomic E-state index is 13.2. The highest BCUT2D eigenvalue weighted by atomic mass is 32.1. The van der Waals surface area contributed by atoms with Gasteiger partial charge < -0.3 is 0 Å². The molecule has 0 saturated heterocycles. The van der Waals surface area contributed by atoms with Crippen molar-refractivity contribution in [2.24, 2.45) is 0 Å². The SMILES string of the molecule is N#CC(C(=O)c1ccc([N+](=O)[O-])s1)c1cc(F)cc(F)c1. The minimum atomic E-state index is -1.42. The highest BCUT2D eigenvalue weighted by Crippen LogP contribution is 2.29. The summed E-state index contributed by atoms with van der Waals surface area (Å²) in [5, 5.41) is 19.4. The van der Waals surface area contributed by atoms with Crippen molar-refractivity contribution in [2.75, 3.05) is 0 Å².